The van der Waals surface area contributed by atoms with Crippen LogP contribution in [0.15, 0.2) is 83.8 Å². The Kier molecular flexibility index (Phi) is 5.92. The predicted molar refractivity (Wildman–Crippen MR) is 119 cm³/mol. The second-order valence-corrected chi connectivity index (χ2v) is 9.34. The Morgan fingerprint density at radius 1 is 0.906 bits per heavy atom. The Morgan fingerprint density at radius 2 is 1.53 bits per heavy atom. The third-order valence-corrected chi connectivity index (χ3v) is 7.23. The van der Waals surface area contributed by atoms with E-state index in [0.29, 0.717) is 4.31 Å². The lowest BCUT2D eigenvalue weighted by Gasteiger charge is -2.33. The van der Waals surface area contributed by atoms with Gasteiger partial charge in [-0.3, -0.25) is 14.4 Å². The second-order valence-electron chi connectivity index (χ2n) is 7.07. The van der Waals surface area contributed by atoms with E-state index in [-0.39, 0.29) is 26.7 Å². The zero-order chi connectivity index (χ0) is 22.9. The van der Waals surface area contributed by atoms with Gasteiger partial charge in [0.2, 0.25) is 15.9 Å². The van der Waals surface area contributed by atoms with Crippen molar-refractivity contribution in [1.29, 1.82) is 0 Å². The lowest BCUT2D eigenvalue weighted by molar-refractivity contribution is -0.116. The van der Waals surface area contributed by atoms with Crippen LogP contribution in [0.1, 0.15) is 20.7 Å². The number of nitrogens with one attached hydrogen (secondary N) is 1. The van der Waals surface area contributed by atoms with Crippen LogP contribution in [-0.2, 0) is 14.8 Å². The maximum Gasteiger partial charge on any atom is 0.245 e. The normalized spacial score (nSPS) is 17.4. The number of para-hydroxylation sites is 1. The number of Topliss-reactive ketones (excluding diaryl/α,β-unsaturated/α-hetero) is 2. The number of carbonyl (C=O) groups is 3. The van der Waals surface area contributed by atoms with Crippen molar-refractivity contribution >= 4 is 44.8 Å². The Labute approximate surface area is 189 Å². The molecule has 0 aliphatic carbocycles. The summed E-state index contributed by atoms with van der Waals surface area (Å²) in [6.07, 6.45) is 0. The molecular formula is C23H17ClN2O5S. The highest BCUT2D eigenvalue weighted by Gasteiger charge is 2.48. The molecule has 3 aromatic rings. The maximum atomic E-state index is 13.4. The van der Waals surface area contributed by atoms with Gasteiger partial charge < -0.3 is 5.32 Å². The number of ketones is 2. The van der Waals surface area contributed by atoms with E-state index < -0.39 is 40.1 Å². The van der Waals surface area contributed by atoms with Crippen LogP contribution in [0.5, 0.6) is 0 Å². The molecule has 0 bridgehead atoms. The third-order valence-electron chi connectivity index (χ3n) is 5.03. The Balaban J connectivity index is 1.75. The van der Waals surface area contributed by atoms with Crippen molar-refractivity contribution in [3.8, 4) is 0 Å². The van der Waals surface area contributed by atoms with E-state index in [0.717, 1.165) is 0 Å². The first-order valence-corrected chi connectivity index (χ1v) is 11.4. The standard InChI is InChI=1S/C23H17ClN2O5S/c24-17-11-5-6-12-18(17)25-20(27)14-26-21(22(28)15-8-2-1-3-9-15)23(29)16-10-4-7-13-19(16)32(26,30)31/h1-13,21H,14H2,(H,25,27). The number of carbonyl (C=O) groups excluding carboxylic acids is 3. The van der Waals surface area contributed by atoms with E-state index in [2.05, 4.69) is 5.32 Å². The average Bonchev–Trinajstić information content (AvgIpc) is 2.79. The van der Waals surface area contributed by atoms with E-state index in [1.54, 1.807) is 42.5 Å². The van der Waals surface area contributed by atoms with E-state index in [4.69, 9.17) is 11.6 Å². The minimum Gasteiger partial charge on any atom is -0.324 e. The molecule has 0 aromatic heterocycles. The van der Waals surface area contributed by atoms with Crippen molar-refractivity contribution < 1.29 is 22.8 Å². The predicted octanol–water partition coefficient (Wildman–Crippen LogP) is 3.42. The average molecular weight is 469 g/mol. The van der Waals surface area contributed by atoms with Gasteiger partial charge in [-0.25, -0.2) is 8.42 Å². The Hall–Kier alpha value is -3.33. The number of rotatable bonds is 5. The molecule has 0 saturated carbocycles. The molecule has 0 saturated heterocycles. The summed E-state index contributed by atoms with van der Waals surface area (Å²) in [6, 6.07) is 18.3. The minimum absolute atomic E-state index is 0.0791. The van der Waals surface area contributed by atoms with Gasteiger partial charge in [0.25, 0.3) is 0 Å². The Bertz CT molecular complexity index is 1320. The van der Waals surface area contributed by atoms with Gasteiger partial charge in [-0.15, -0.1) is 0 Å². The molecule has 1 aliphatic heterocycles. The maximum absolute atomic E-state index is 13.4. The molecule has 0 spiro atoms. The van der Waals surface area contributed by atoms with Gasteiger partial charge in [-0.1, -0.05) is 66.2 Å². The monoisotopic (exact) mass is 468 g/mol. The van der Waals surface area contributed by atoms with Crippen LogP contribution in [0, 0.1) is 0 Å². The topological polar surface area (TPSA) is 101 Å². The first-order valence-electron chi connectivity index (χ1n) is 9.59. The van der Waals surface area contributed by atoms with Crippen LogP contribution < -0.4 is 5.32 Å². The molecule has 9 heteroatoms. The first-order chi connectivity index (χ1) is 15.3. The van der Waals surface area contributed by atoms with Crippen LogP contribution in [-0.4, -0.2) is 42.8 Å². The van der Waals surface area contributed by atoms with Crippen LogP contribution >= 0.6 is 11.6 Å². The molecule has 4 rings (SSSR count). The number of hydrogen-bond acceptors (Lipinski definition) is 5. The zero-order valence-corrected chi connectivity index (χ0v) is 18.1. The van der Waals surface area contributed by atoms with E-state index in [1.807, 2.05) is 0 Å². The molecule has 1 amide bonds. The molecule has 7 nitrogen and oxygen atoms in total. The fraction of sp³-hybridized carbons (Fsp3) is 0.0870. The van der Waals surface area contributed by atoms with Gasteiger partial charge >= 0.3 is 0 Å². The molecule has 0 fully saturated rings. The van der Waals surface area contributed by atoms with Gasteiger partial charge in [0.1, 0.15) is 0 Å². The highest BCUT2D eigenvalue weighted by molar-refractivity contribution is 7.89. The lowest BCUT2D eigenvalue weighted by Crippen LogP contribution is -2.55. The fourth-order valence-electron chi connectivity index (χ4n) is 3.52. The van der Waals surface area contributed by atoms with Gasteiger partial charge in [-0.2, -0.15) is 4.31 Å². The van der Waals surface area contributed by atoms with Gasteiger partial charge in [0.05, 0.1) is 22.2 Å². The molecule has 32 heavy (non-hydrogen) atoms. The second kappa shape index (κ2) is 8.66. The minimum atomic E-state index is -4.32. The van der Waals surface area contributed by atoms with E-state index in [9.17, 15) is 22.8 Å². The number of nitrogens with zero attached hydrogens (tertiary/aromatic N) is 1. The first kappa shape index (κ1) is 21.9. The molecule has 1 aliphatic rings. The van der Waals surface area contributed by atoms with Crippen LogP contribution in [0.2, 0.25) is 5.02 Å². The van der Waals surface area contributed by atoms with Crippen molar-refractivity contribution in [2.45, 2.75) is 10.9 Å². The summed E-state index contributed by atoms with van der Waals surface area (Å²) >= 11 is 6.06. The smallest absolute Gasteiger partial charge is 0.245 e. The van der Waals surface area contributed by atoms with Crippen molar-refractivity contribution in [3.63, 3.8) is 0 Å². The number of benzene rings is 3. The SMILES string of the molecule is O=C(CN1C(C(=O)c2ccccc2)C(=O)c2ccccc2S1(=O)=O)Nc1ccccc1Cl. The number of amides is 1. The lowest BCUT2D eigenvalue weighted by atomic mass is 9.96. The molecule has 1 N–H and O–H groups in total. The summed E-state index contributed by atoms with van der Waals surface area (Å²) in [5.74, 6) is -2.13. The quantitative estimate of drug-likeness (QED) is 0.456. The third kappa shape index (κ3) is 3.95. The van der Waals surface area contributed by atoms with Gasteiger partial charge in [0, 0.05) is 11.1 Å². The number of fused-ring (bicyclic) bond motifs is 1. The van der Waals surface area contributed by atoms with Crippen molar-refractivity contribution in [2.24, 2.45) is 0 Å². The Morgan fingerprint density at radius 3 is 2.25 bits per heavy atom. The summed E-state index contributed by atoms with van der Waals surface area (Å²) < 4.78 is 27.4. The van der Waals surface area contributed by atoms with Crippen molar-refractivity contribution in [2.75, 3.05) is 11.9 Å². The highest BCUT2D eigenvalue weighted by Crippen LogP contribution is 2.31. The van der Waals surface area contributed by atoms with Crippen LogP contribution in [0.25, 0.3) is 0 Å². The van der Waals surface area contributed by atoms with Gasteiger partial charge in [-0.05, 0) is 24.3 Å². The molecule has 3 aromatic carbocycles. The number of sulfonamides is 1. The molecule has 162 valence electrons. The van der Waals surface area contributed by atoms with Crippen molar-refractivity contribution in [1.82, 2.24) is 4.31 Å². The zero-order valence-electron chi connectivity index (χ0n) is 16.6. The van der Waals surface area contributed by atoms with Crippen LogP contribution in [0.3, 0.4) is 0 Å². The van der Waals surface area contributed by atoms with Gasteiger partial charge in [0.15, 0.2) is 17.6 Å². The fourth-order valence-corrected chi connectivity index (χ4v) is 5.41. The summed E-state index contributed by atoms with van der Waals surface area (Å²) in [5.41, 5.74) is 0.368. The summed E-state index contributed by atoms with van der Waals surface area (Å²) in [4.78, 5) is 39.0. The highest BCUT2D eigenvalue weighted by atomic mass is 35.5. The van der Waals surface area contributed by atoms with E-state index >= 15 is 0 Å². The summed E-state index contributed by atoms with van der Waals surface area (Å²) in [5, 5.41) is 2.80. The van der Waals surface area contributed by atoms with E-state index in [1.165, 1.54) is 36.4 Å². The number of halogens is 1. The molecule has 1 unspecified atom stereocenters. The molecule has 1 atom stereocenters. The molecule has 0 radical (unpaired) electrons. The van der Waals surface area contributed by atoms with Crippen molar-refractivity contribution in [3.05, 3.63) is 95.0 Å². The number of anilines is 1. The van der Waals surface area contributed by atoms with Crippen LogP contribution in [0.4, 0.5) is 5.69 Å². The summed E-state index contributed by atoms with van der Waals surface area (Å²) in [7, 11) is -4.32. The number of hydrogen-bond donors (Lipinski definition) is 1. The largest absolute Gasteiger partial charge is 0.324 e. The molecule has 1 heterocycles. The summed E-state index contributed by atoms with van der Waals surface area (Å²) in [6.45, 7) is -0.739. The molecular weight excluding hydrogens is 452 g/mol.